The second kappa shape index (κ2) is 8.35. The minimum Gasteiger partial charge on any atom is -0.414 e. The van der Waals surface area contributed by atoms with E-state index in [2.05, 4.69) is 27.1 Å². The minimum atomic E-state index is -0.0682. The van der Waals surface area contributed by atoms with Crippen LogP contribution in [-0.2, 0) is 6.42 Å². The summed E-state index contributed by atoms with van der Waals surface area (Å²) in [6, 6.07) is 15.0. The Balaban J connectivity index is 1.68. The summed E-state index contributed by atoms with van der Waals surface area (Å²) in [6.07, 6.45) is 2.42. The summed E-state index contributed by atoms with van der Waals surface area (Å²) in [4.78, 5) is 22.5. The van der Waals surface area contributed by atoms with Crippen LogP contribution in [-0.4, -0.2) is 45.1 Å². The maximum Gasteiger partial charge on any atom is 0.270 e. The second-order valence-corrected chi connectivity index (χ2v) is 7.19. The van der Waals surface area contributed by atoms with E-state index in [1.807, 2.05) is 36.4 Å². The van der Waals surface area contributed by atoms with Crippen LogP contribution in [0.3, 0.4) is 0 Å². The number of benzene rings is 2. The maximum atomic E-state index is 12.1. The molecule has 0 fully saturated rings. The van der Waals surface area contributed by atoms with Crippen LogP contribution >= 0.6 is 0 Å². The minimum absolute atomic E-state index is 0.0682. The first kappa shape index (κ1) is 20.2. The summed E-state index contributed by atoms with van der Waals surface area (Å²) >= 11 is 0. The number of aromatic nitrogens is 4. The first-order valence-electron chi connectivity index (χ1n) is 9.84. The van der Waals surface area contributed by atoms with Gasteiger partial charge in [-0.25, -0.2) is 9.97 Å². The van der Waals surface area contributed by atoms with E-state index in [1.54, 1.807) is 32.4 Å². The summed E-state index contributed by atoms with van der Waals surface area (Å²) in [6.45, 7) is 2.07. The number of aryl methyl sites for hydroxylation is 1. The molecule has 4 rings (SSSR count). The van der Waals surface area contributed by atoms with Crippen LogP contribution in [0.15, 0.2) is 59.1 Å². The van der Waals surface area contributed by atoms with Gasteiger partial charge in [0.15, 0.2) is 11.5 Å². The number of nitrogen functional groups attached to an aromatic ring is 1. The standard InChI is InChI=1S/C23H22N6O2/c1-4-14-7-5-6-8-17(14)21-27-28-22(31-21)19-20(24)25-13-18(26-19)15-9-11-16(12-10-15)23(30)29(2)3/h5-13H,4H2,1-3H3,(H2,24,25). The fourth-order valence-corrected chi connectivity index (χ4v) is 3.20. The van der Waals surface area contributed by atoms with E-state index in [4.69, 9.17) is 10.2 Å². The third-order valence-electron chi connectivity index (χ3n) is 4.89. The van der Waals surface area contributed by atoms with Crippen LogP contribution in [0.5, 0.6) is 0 Å². The molecular formula is C23H22N6O2. The lowest BCUT2D eigenvalue weighted by molar-refractivity contribution is 0.0827. The lowest BCUT2D eigenvalue weighted by Crippen LogP contribution is -2.21. The number of carbonyl (C=O) groups excluding carboxylic acids is 1. The van der Waals surface area contributed by atoms with Crippen LogP contribution in [0.4, 0.5) is 5.82 Å². The molecule has 2 heterocycles. The van der Waals surface area contributed by atoms with Gasteiger partial charge in [-0.3, -0.25) is 4.79 Å². The highest BCUT2D eigenvalue weighted by molar-refractivity contribution is 5.94. The molecule has 0 saturated heterocycles. The van der Waals surface area contributed by atoms with Crippen molar-refractivity contribution < 1.29 is 9.21 Å². The molecule has 0 aliphatic carbocycles. The number of rotatable bonds is 5. The zero-order valence-electron chi connectivity index (χ0n) is 17.5. The summed E-state index contributed by atoms with van der Waals surface area (Å²) in [5.74, 6) is 0.737. The number of hydrogen-bond acceptors (Lipinski definition) is 7. The third-order valence-corrected chi connectivity index (χ3v) is 4.89. The normalized spacial score (nSPS) is 10.8. The van der Waals surface area contributed by atoms with Crippen molar-refractivity contribution in [2.75, 3.05) is 19.8 Å². The molecule has 0 atom stereocenters. The van der Waals surface area contributed by atoms with Crippen LogP contribution in [0.25, 0.3) is 34.3 Å². The Morgan fingerprint density at radius 2 is 1.74 bits per heavy atom. The van der Waals surface area contributed by atoms with Crippen molar-refractivity contribution in [2.45, 2.75) is 13.3 Å². The van der Waals surface area contributed by atoms with Gasteiger partial charge < -0.3 is 15.1 Å². The largest absolute Gasteiger partial charge is 0.414 e. The van der Waals surface area contributed by atoms with Gasteiger partial charge in [0.25, 0.3) is 11.8 Å². The van der Waals surface area contributed by atoms with Crippen molar-refractivity contribution in [3.8, 4) is 34.3 Å². The molecule has 31 heavy (non-hydrogen) atoms. The summed E-state index contributed by atoms with van der Waals surface area (Å²) in [5, 5.41) is 8.32. The first-order valence-corrected chi connectivity index (χ1v) is 9.84. The van der Waals surface area contributed by atoms with Gasteiger partial charge in [-0.1, -0.05) is 37.3 Å². The number of nitrogens with two attached hydrogens (primary N) is 1. The van der Waals surface area contributed by atoms with E-state index < -0.39 is 0 Å². The van der Waals surface area contributed by atoms with Gasteiger partial charge in [-0.15, -0.1) is 10.2 Å². The van der Waals surface area contributed by atoms with Crippen molar-refractivity contribution in [3.63, 3.8) is 0 Å². The highest BCUT2D eigenvalue weighted by Crippen LogP contribution is 2.29. The molecule has 1 amide bonds. The quantitative estimate of drug-likeness (QED) is 0.530. The van der Waals surface area contributed by atoms with Crippen LogP contribution < -0.4 is 5.73 Å². The maximum absolute atomic E-state index is 12.1. The molecular weight excluding hydrogens is 392 g/mol. The molecule has 0 bridgehead atoms. The molecule has 8 nitrogen and oxygen atoms in total. The summed E-state index contributed by atoms with van der Waals surface area (Å²) in [7, 11) is 3.43. The predicted octanol–water partition coefficient (Wildman–Crippen LogP) is 3.71. The fraction of sp³-hybridized carbons (Fsp3) is 0.174. The molecule has 156 valence electrons. The van der Waals surface area contributed by atoms with Gasteiger partial charge in [0.1, 0.15) is 0 Å². The lowest BCUT2D eigenvalue weighted by atomic mass is 10.1. The van der Waals surface area contributed by atoms with E-state index in [1.165, 1.54) is 4.90 Å². The number of carbonyl (C=O) groups is 1. The fourth-order valence-electron chi connectivity index (χ4n) is 3.20. The van der Waals surface area contributed by atoms with Gasteiger partial charge in [-0.05, 0) is 30.2 Å². The Bertz CT molecular complexity index is 1230. The Morgan fingerprint density at radius 3 is 2.45 bits per heavy atom. The van der Waals surface area contributed by atoms with E-state index in [0.29, 0.717) is 22.8 Å². The van der Waals surface area contributed by atoms with Gasteiger partial charge in [0.2, 0.25) is 5.89 Å². The number of nitrogens with zero attached hydrogens (tertiary/aromatic N) is 5. The summed E-state index contributed by atoms with van der Waals surface area (Å²) in [5.41, 5.74) is 10.3. The number of hydrogen-bond donors (Lipinski definition) is 1. The molecule has 0 aliphatic heterocycles. The molecule has 0 unspecified atom stereocenters. The summed E-state index contributed by atoms with van der Waals surface area (Å²) < 4.78 is 5.89. The van der Waals surface area contributed by atoms with Crippen molar-refractivity contribution in [2.24, 2.45) is 0 Å². The molecule has 0 radical (unpaired) electrons. The van der Waals surface area contributed by atoms with E-state index in [9.17, 15) is 4.79 Å². The lowest BCUT2D eigenvalue weighted by Gasteiger charge is -2.10. The van der Waals surface area contributed by atoms with E-state index >= 15 is 0 Å². The average Bonchev–Trinajstić information content (AvgIpc) is 3.29. The highest BCUT2D eigenvalue weighted by Gasteiger charge is 2.18. The van der Waals surface area contributed by atoms with Crippen LogP contribution in [0, 0.1) is 0 Å². The molecule has 0 aliphatic rings. The number of anilines is 1. The van der Waals surface area contributed by atoms with Crippen molar-refractivity contribution >= 4 is 11.7 Å². The zero-order chi connectivity index (χ0) is 22.0. The number of amides is 1. The average molecular weight is 414 g/mol. The van der Waals surface area contributed by atoms with Crippen LogP contribution in [0.2, 0.25) is 0 Å². The smallest absolute Gasteiger partial charge is 0.270 e. The molecule has 2 aromatic carbocycles. The van der Waals surface area contributed by atoms with E-state index in [0.717, 1.165) is 23.1 Å². The molecule has 0 saturated carbocycles. The van der Waals surface area contributed by atoms with Gasteiger partial charge in [0.05, 0.1) is 11.9 Å². The third kappa shape index (κ3) is 4.00. The molecule has 8 heteroatoms. The SMILES string of the molecule is CCc1ccccc1-c1nnc(-c2nc(-c3ccc(C(=O)N(C)C)cc3)cnc2N)o1. The van der Waals surface area contributed by atoms with Gasteiger partial charge in [0, 0.05) is 30.8 Å². The Morgan fingerprint density at radius 1 is 1.03 bits per heavy atom. The van der Waals surface area contributed by atoms with Crippen LogP contribution in [0.1, 0.15) is 22.8 Å². The van der Waals surface area contributed by atoms with Crippen molar-refractivity contribution in [1.82, 2.24) is 25.1 Å². The van der Waals surface area contributed by atoms with Crippen molar-refractivity contribution in [1.29, 1.82) is 0 Å². The molecule has 2 N–H and O–H groups in total. The van der Waals surface area contributed by atoms with Gasteiger partial charge >= 0.3 is 0 Å². The van der Waals surface area contributed by atoms with Crippen molar-refractivity contribution in [3.05, 3.63) is 65.9 Å². The topological polar surface area (TPSA) is 111 Å². The predicted molar refractivity (Wildman–Crippen MR) is 118 cm³/mol. The second-order valence-electron chi connectivity index (χ2n) is 7.19. The molecule has 2 aromatic heterocycles. The molecule has 4 aromatic rings. The van der Waals surface area contributed by atoms with Gasteiger partial charge in [-0.2, -0.15) is 0 Å². The monoisotopic (exact) mass is 414 g/mol. The van der Waals surface area contributed by atoms with E-state index in [-0.39, 0.29) is 17.6 Å². The Labute approximate surface area is 179 Å². The first-order chi connectivity index (χ1) is 15.0. The Hall–Kier alpha value is -4.07. The molecule has 0 spiro atoms. The zero-order valence-corrected chi connectivity index (χ0v) is 17.5. The highest BCUT2D eigenvalue weighted by atomic mass is 16.4. The Kier molecular flexibility index (Phi) is 5.44.